The number of ether oxygens (including phenoxy) is 2. The summed E-state index contributed by atoms with van der Waals surface area (Å²) in [6.07, 6.45) is -1.14. The largest absolute Gasteiger partial charge is 0.479 e. The zero-order valence-electron chi connectivity index (χ0n) is 12.2. The number of carbonyl (C=O) groups is 2. The number of methoxy groups -OCH3 is 1. The Morgan fingerprint density at radius 1 is 1.57 bits per heavy atom. The van der Waals surface area contributed by atoms with Crippen LogP contribution in [0.3, 0.4) is 0 Å². The number of carbonyl (C=O) groups excluding carboxylic acids is 1. The molecule has 116 valence electrons. The lowest BCUT2D eigenvalue weighted by Crippen LogP contribution is -2.48. The van der Waals surface area contributed by atoms with Gasteiger partial charge in [0.1, 0.15) is 16.0 Å². The fourth-order valence-corrected chi connectivity index (χ4v) is 3.08. The molecule has 2 heterocycles. The van der Waals surface area contributed by atoms with Crippen LogP contribution in [-0.4, -0.2) is 59.8 Å². The molecule has 21 heavy (non-hydrogen) atoms. The van der Waals surface area contributed by atoms with E-state index in [1.807, 2.05) is 6.92 Å². The molecular formula is C13H18N2O5S. The summed E-state index contributed by atoms with van der Waals surface area (Å²) in [5.74, 6) is -1.25. The number of carboxylic acids is 1. The fraction of sp³-hybridized carbons (Fsp3) is 0.615. The average molecular weight is 314 g/mol. The average Bonchev–Trinajstić information content (AvgIpc) is 2.87. The summed E-state index contributed by atoms with van der Waals surface area (Å²) in [5.41, 5.74) is 0.641. The van der Waals surface area contributed by atoms with Crippen molar-refractivity contribution in [2.75, 3.05) is 26.8 Å². The van der Waals surface area contributed by atoms with Crippen LogP contribution in [0.1, 0.15) is 33.4 Å². The first-order valence-corrected chi connectivity index (χ1v) is 7.39. The summed E-state index contributed by atoms with van der Waals surface area (Å²) in [4.78, 5) is 29.9. The van der Waals surface area contributed by atoms with Crippen LogP contribution in [0.4, 0.5) is 0 Å². The summed E-state index contributed by atoms with van der Waals surface area (Å²) in [5, 5.41) is 9.72. The highest BCUT2D eigenvalue weighted by Crippen LogP contribution is 2.26. The molecule has 0 bridgehead atoms. The number of hydrogen-bond acceptors (Lipinski definition) is 6. The number of aromatic nitrogens is 1. The summed E-state index contributed by atoms with van der Waals surface area (Å²) >= 11 is 1.29. The second-order valence-corrected chi connectivity index (χ2v) is 5.82. The summed E-state index contributed by atoms with van der Waals surface area (Å²) in [7, 11) is 1.59. The van der Waals surface area contributed by atoms with E-state index in [1.54, 1.807) is 14.0 Å². The molecule has 1 N–H and O–H groups in total. The van der Waals surface area contributed by atoms with Gasteiger partial charge in [-0.2, -0.15) is 0 Å². The molecule has 0 aliphatic carbocycles. The number of amides is 1. The van der Waals surface area contributed by atoms with E-state index in [4.69, 9.17) is 14.6 Å². The number of carboxylic acid groups (broad SMARTS) is 1. The molecule has 0 saturated carbocycles. The first-order valence-electron chi connectivity index (χ1n) is 6.57. The Morgan fingerprint density at radius 3 is 2.90 bits per heavy atom. The predicted octanol–water partition coefficient (Wildman–Crippen LogP) is 1.08. The molecule has 0 radical (unpaired) electrons. The van der Waals surface area contributed by atoms with Gasteiger partial charge in [-0.15, -0.1) is 11.3 Å². The quantitative estimate of drug-likeness (QED) is 0.894. The molecule has 7 nitrogen and oxygen atoms in total. The zero-order valence-corrected chi connectivity index (χ0v) is 13.0. The summed E-state index contributed by atoms with van der Waals surface area (Å²) in [6, 6.07) is 0. The monoisotopic (exact) mass is 314 g/mol. The molecule has 0 aromatic carbocycles. The van der Waals surface area contributed by atoms with Crippen LogP contribution in [0, 0.1) is 6.92 Å². The van der Waals surface area contributed by atoms with E-state index < -0.39 is 12.1 Å². The maximum Gasteiger partial charge on any atom is 0.334 e. The van der Waals surface area contributed by atoms with Crippen LogP contribution >= 0.6 is 11.3 Å². The third kappa shape index (κ3) is 3.39. The molecule has 1 saturated heterocycles. The standard InChI is InChI=1S/C13H18N2O5S/c1-7-10(21-11(14-7)8(2)19-3)12(16)15-4-5-20-9(6-15)13(17)18/h8-9H,4-6H2,1-3H3,(H,17,18)/t8-,9+/m0/s1. The van der Waals surface area contributed by atoms with Crippen molar-refractivity contribution in [3.8, 4) is 0 Å². The SMILES string of the molecule is CO[C@@H](C)c1nc(C)c(C(=O)N2CCO[C@@H](C(=O)O)C2)s1. The smallest absolute Gasteiger partial charge is 0.334 e. The third-order valence-corrected chi connectivity index (χ3v) is 4.64. The van der Waals surface area contributed by atoms with Crippen LogP contribution < -0.4 is 0 Å². The number of morpholine rings is 1. The first kappa shape index (κ1) is 15.9. The minimum atomic E-state index is -1.05. The highest BCUT2D eigenvalue weighted by Gasteiger charge is 2.31. The second-order valence-electron chi connectivity index (χ2n) is 4.79. The highest BCUT2D eigenvalue weighted by atomic mass is 32.1. The minimum absolute atomic E-state index is 0.0562. The Bertz CT molecular complexity index is 545. The van der Waals surface area contributed by atoms with E-state index in [2.05, 4.69) is 4.98 Å². The molecule has 1 aliphatic heterocycles. The lowest BCUT2D eigenvalue weighted by atomic mass is 10.2. The van der Waals surface area contributed by atoms with Crippen LogP contribution in [0.15, 0.2) is 0 Å². The van der Waals surface area contributed by atoms with Crippen LogP contribution in [0.25, 0.3) is 0 Å². The molecule has 1 aromatic heterocycles. The lowest BCUT2D eigenvalue weighted by molar-refractivity contribution is -0.154. The third-order valence-electron chi connectivity index (χ3n) is 3.34. The lowest BCUT2D eigenvalue weighted by Gasteiger charge is -2.30. The van der Waals surface area contributed by atoms with Gasteiger partial charge in [0.2, 0.25) is 0 Å². The Balaban J connectivity index is 2.16. The van der Waals surface area contributed by atoms with Gasteiger partial charge in [-0.1, -0.05) is 0 Å². The molecule has 1 aromatic rings. The topological polar surface area (TPSA) is 89.0 Å². The molecule has 0 unspecified atom stereocenters. The minimum Gasteiger partial charge on any atom is -0.479 e. The van der Waals surface area contributed by atoms with E-state index in [1.165, 1.54) is 16.2 Å². The van der Waals surface area contributed by atoms with Crippen LogP contribution in [-0.2, 0) is 14.3 Å². The van der Waals surface area contributed by atoms with Crippen molar-refractivity contribution in [2.24, 2.45) is 0 Å². The van der Waals surface area contributed by atoms with Gasteiger partial charge in [0.05, 0.1) is 18.8 Å². The number of nitrogens with zero attached hydrogens (tertiary/aromatic N) is 2. The van der Waals surface area contributed by atoms with Crippen molar-refractivity contribution >= 4 is 23.2 Å². The molecule has 0 spiro atoms. The maximum absolute atomic E-state index is 12.5. The summed E-state index contributed by atoms with van der Waals surface area (Å²) in [6.45, 7) is 4.30. The zero-order chi connectivity index (χ0) is 15.6. The van der Waals surface area contributed by atoms with Gasteiger partial charge >= 0.3 is 5.97 Å². The number of aliphatic carboxylic acids is 1. The molecule has 2 atom stereocenters. The van der Waals surface area contributed by atoms with Gasteiger partial charge in [-0.25, -0.2) is 9.78 Å². The van der Waals surface area contributed by atoms with E-state index in [0.29, 0.717) is 17.1 Å². The van der Waals surface area contributed by atoms with Gasteiger partial charge in [0, 0.05) is 13.7 Å². The molecule has 1 amide bonds. The van der Waals surface area contributed by atoms with Crippen molar-refractivity contribution in [2.45, 2.75) is 26.1 Å². The maximum atomic E-state index is 12.5. The van der Waals surface area contributed by atoms with E-state index in [-0.39, 0.29) is 25.2 Å². The molecule has 8 heteroatoms. The van der Waals surface area contributed by atoms with E-state index >= 15 is 0 Å². The van der Waals surface area contributed by atoms with Gasteiger partial charge in [-0.05, 0) is 13.8 Å². The van der Waals surface area contributed by atoms with Crippen LogP contribution in [0.2, 0.25) is 0 Å². The van der Waals surface area contributed by atoms with Gasteiger partial charge in [0.15, 0.2) is 6.10 Å². The van der Waals surface area contributed by atoms with Crippen molar-refractivity contribution < 1.29 is 24.2 Å². The molecular weight excluding hydrogens is 296 g/mol. The Hall–Kier alpha value is -1.51. The first-order chi connectivity index (χ1) is 9.93. The second kappa shape index (κ2) is 6.50. The number of thiazole rings is 1. The Morgan fingerprint density at radius 2 is 2.29 bits per heavy atom. The van der Waals surface area contributed by atoms with Gasteiger partial charge < -0.3 is 19.5 Å². The number of aryl methyl sites for hydroxylation is 1. The number of hydrogen-bond donors (Lipinski definition) is 1. The fourth-order valence-electron chi connectivity index (χ4n) is 2.02. The molecule has 1 aliphatic rings. The van der Waals surface area contributed by atoms with Crippen molar-refractivity contribution in [1.29, 1.82) is 0 Å². The Kier molecular flexibility index (Phi) is 4.92. The van der Waals surface area contributed by atoms with Gasteiger partial charge in [-0.3, -0.25) is 4.79 Å². The highest BCUT2D eigenvalue weighted by molar-refractivity contribution is 7.13. The van der Waals surface area contributed by atoms with E-state index in [0.717, 1.165) is 5.01 Å². The number of rotatable bonds is 4. The van der Waals surface area contributed by atoms with Gasteiger partial charge in [0.25, 0.3) is 5.91 Å². The van der Waals surface area contributed by atoms with Crippen molar-refractivity contribution in [1.82, 2.24) is 9.88 Å². The van der Waals surface area contributed by atoms with Crippen LogP contribution in [0.5, 0.6) is 0 Å². The summed E-state index contributed by atoms with van der Waals surface area (Å²) < 4.78 is 10.3. The predicted molar refractivity (Wildman–Crippen MR) is 75.6 cm³/mol. The Labute approximate surface area is 126 Å². The van der Waals surface area contributed by atoms with Crippen molar-refractivity contribution in [3.05, 3.63) is 15.6 Å². The van der Waals surface area contributed by atoms with Crippen molar-refractivity contribution in [3.63, 3.8) is 0 Å². The molecule has 2 rings (SSSR count). The normalized spacial score (nSPS) is 20.3. The molecule has 1 fully saturated rings. The van der Waals surface area contributed by atoms with E-state index in [9.17, 15) is 9.59 Å².